The number of rotatable bonds is 7. The van der Waals surface area contributed by atoms with Crippen molar-refractivity contribution >= 4 is 37.5 Å². The third-order valence-electron chi connectivity index (χ3n) is 3.30. The van der Waals surface area contributed by atoms with Gasteiger partial charge in [-0.15, -0.1) is 0 Å². The van der Waals surface area contributed by atoms with Crippen LogP contribution in [-0.2, 0) is 14.8 Å². The van der Waals surface area contributed by atoms with Gasteiger partial charge in [0.05, 0.1) is 11.5 Å². The lowest BCUT2D eigenvalue weighted by Gasteiger charge is -2.13. The molecule has 0 aliphatic heterocycles. The number of hydrogen-bond donors (Lipinski definition) is 2. The number of sulfonamides is 1. The topological polar surface area (TPSA) is 84.5 Å². The largest absolute Gasteiger partial charge is 0.383 e. The average molecular weight is 427 g/mol. The van der Waals surface area contributed by atoms with Gasteiger partial charge in [0, 0.05) is 28.9 Å². The first-order valence-corrected chi connectivity index (χ1v) is 9.77. The maximum Gasteiger partial charge on any atom is 0.261 e. The first-order chi connectivity index (χ1) is 11.8. The number of carbonyl (C=O) groups is 1. The lowest BCUT2D eigenvalue weighted by atomic mass is 10.2. The Morgan fingerprint density at radius 2 is 1.88 bits per heavy atom. The van der Waals surface area contributed by atoms with Crippen LogP contribution in [0, 0.1) is 0 Å². The van der Waals surface area contributed by atoms with Gasteiger partial charge in [0.25, 0.3) is 15.9 Å². The molecule has 1 atom stereocenters. The van der Waals surface area contributed by atoms with Crippen LogP contribution in [0.1, 0.15) is 17.3 Å². The molecule has 0 aliphatic carbocycles. The van der Waals surface area contributed by atoms with Gasteiger partial charge in [0.1, 0.15) is 0 Å². The van der Waals surface area contributed by atoms with E-state index < -0.39 is 10.0 Å². The molecule has 134 valence electrons. The molecule has 2 N–H and O–H groups in total. The molecule has 0 unspecified atom stereocenters. The molecule has 2 rings (SSSR count). The van der Waals surface area contributed by atoms with Gasteiger partial charge in [-0.3, -0.25) is 9.52 Å². The Bertz CT molecular complexity index is 838. The SMILES string of the molecule is COC[C@H](C)NC(=O)c1cccc(S(=O)(=O)Nc2ccc(Br)cc2)c1. The van der Waals surface area contributed by atoms with Crippen LogP contribution >= 0.6 is 15.9 Å². The lowest BCUT2D eigenvalue weighted by molar-refractivity contribution is 0.0905. The Labute approximate surface area is 155 Å². The second-order valence-corrected chi connectivity index (χ2v) is 8.07. The van der Waals surface area contributed by atoms with Crippen molar-refractivity contribution in [1.29, 1.82) is 0 Å². The Morgan fingerprint density at radius 1 is 1.20 bits per heavy atom. The fraction of sp³-hybridized carbons (Fsp3) is 0.235. The summed E-state index contributed by atoms with van der Waals surface area (Å²) >= 11 is 3.30. The van der Waals surface area contributed by atoms with Gasteiger partial charge >= 0.3 is 0 Å². The number of anilines is 1. The minimum Gasteiger partial charge on any atom is -0.383 e. The molecule has 8 heteroatoms. The Hall–Kier alpha value is -1.90. The van der Waals surface area contributed by atoms with E-state index in [1.54, 1.807) is 44.4 Å². The van der Waals surface area contributed by atoms with E-state index in [2.05, 4.69) is 26.0 Å². The number of amides is 1. The third kappa shape index (κ3) is 5.55. The smallest absolute Gasteiger partial charge is 0.261 e. The van der Waals surface area contributed by atoms with Gasteiger partial charge in [0.2, 0.25) is 0 Å². The van der Waals surface area contributed by atoms with E-state index in [1.165, 1.54) is 18.2 Å². The first kappa shape index (κ1) is 19.4. The molecule has 0 saturated carbocycles. The van der Waals surface area contributed by atoms with Gasteiger partial charge < -0.3 is 10.1 Å². The molecule has 0 radical (unpaired) electrons. The molecule has 0 spiro atoms. The van der Waals surface area contributed by atoms with Crippen LogP contribution in [0.25, 0.3) is 0 Å². The van der Waals surface area contributed by atoms with Crippen molar-refractivity contribution in [2.45, 2.75) is 17.9 Å². The van der Waals surface area contributed by atoms with Gasteiger partial charge in [-0.25, -0.2) is 8.42 Å². The summed E-state index contributed by atoms with van der Waals surface area (Å²) in [6, 6.07) is 12.5. The highest BCUT2D eigenvalue weighted by atomic mass is 79.9. The molecule has 0 saturated heterocycles. The number of hydrogen-bond acceptors (Lipinski definition) is 4. The van der Waals surface area contributed by atoms with Gasteiger partial charge in [-0.1, -0.05) is 22.0 Å². The molecule has 1 amide bonds. The fourth-order valence-corrected chi connectivity index (χ4v) is 3.50. The lowest BCUT2D eigenvalue weighted by Crippen LogP contribution is -2.35. The zero-order valence-electron chi connectivity index (χ0n) is 13.8. The molecule has 0 bridgehead atoms. The van der Waals surface area contributed by atoms with Gasteiger partial charge in [0.15, 0.2) is 0 Å². The zero-order chi connectivity index (χ0) is 18.4. The molecule has 0 heterocycles. The summed E-state index contributed by atoms with van der Waals surface area (Å²) in [5.74, 6) is -0.356. The van der Waals surface area contributed by atoms with E-state index in [4.69, 9.17) is 4.74 Å². The van der Waals surface area contributed by atoms with E-state index in [-0.39, 0.29) is 22.4 Å². The number of benzene rings is 2. The molecule has 6 nitrogen and oxygen atoms in total. The summed E-state index contributed by atoms with van der Waals surface area (Å²) in [6.45, 7) is 2.17. The summed E-state index contributed by atoms with van der Waals surface area (Å²) < 4.78 is 33.3. The van der Waals surface area contributed by atoms with Gasteiger partial charge in [-0.05, 0) is 49.4 Å². The van der Waals surface area contributed by atoms with Crippen molar-refractivity contribution in [2.24, 2.45) is 0 Å². The van der Waals surface area contributed by atoms with E-state index in [9.17, 15) is 13.2 Å². The highest BCUT2D eigenvalue weighted by Gasteiger charge is 2.17. The monoisotopic (exact) mass is 426 g/mol. The standard InChI is InChI=1S/C17H19BrN2O4S/c1-12(11-24-2)19-17(21)13-4-3-5-16(10-13)25(22,23)20-15-8-6-14(18)7-9-15/h3-10,12,20H,11H2,1-2H3,(H,19,21)/t12-/m0/s1. The highest BCUT2D eigenvalue weighted by molar-refractivity contribution is 9.10. The normalized spacial score (nSPS) is 12.4. The maximum atomic E-state index is 12.5. The fourth-order valence-electron chi connectivity index (χ4n) is 2.14. The Morgan fingerprint density at radius 3 is 2.52 bits per heavy atom. The molecule has 0 aliphatic rings. The molecule has 0 fully saturated rings. The minimum absolute atomic E-state index is 0.0162. The van der Waals surface area contributed by atoms with Gasteiger partial charge in [-0.2, -0.15) is 0 Å². The summed E-state index contributed by atoms with van der Waals surface area (Å²) in [5, 5.41) is 2.75. The van der Waals surface area contributed by atoms with E-state index >= 15 is 0 Å². The van der Waals surface area contributed by atoms with Crippen LogP contribution in [-0.4, -0.2) is 34.1 Å². The van der Waals surface area contributed by atoms with Crippen molar-refractivity contribution in [3.8, 4) is 0 Å². The zero-order valence-corrected chi connectivity index (χ0v) is 16.2. The highest BCUT2D eigenvalue weighted by Crippen LogP contribution is 2.19. The predicted octanol–water partition coefficient (Wildman–Crippen LogP) is 3.01. The van der Waals surface area contributed by atoms with Crippen LogP contribution in [0.2, 0.25) is 0 Å². The van der Waals surface area contributed by atoms with Crippen LogP contribution in [0.5, 0.6) is 0 Å². The summed E-state index contributed by atoms with van der Waals surface area (Å²) in [4.78, 5) is 12.2. The summed E-state index contributed by atoms with van der Waals surface area (Å²) in [7, 11) is -2.25. The number of methoxy groups -OCH3 is 1. The molecule has 25 heavy (non-hydrogen) atoms. The van der Waals surface area contributed by atoms with Crippen molar-refractivity contribution in [3.63, 3.8) is 0 Å². The average Bonchev–Trinajstić information content (AvgIpc) is 2.57. The minimum atomic E-state index is -3.79. The second-order valence-electron chi connectivity index (χ2n) is 5.47. The Balaban J connectivity index is 2.18. The number of ether oxygens (including phenoxy) is 1. The molecule has 2 aromatic carbocycles. The Kier molecular flexibility index (Phi) is 6.57. The molecule has 0 aromatic heterocycles. The van der Waals surface area contributed by atoms with E-state index in [1.807, 2.05) is 0 Å². The van der Waals surface area contributed by atoms with Crippen molar-refractivity contribution < 1.29 is 17.9 Å². The quantitative estimate of drug-likeness (QED) is 0.712. The predicted molar refractivity (Wildman–Crippen MR) is 100 cm³/mol. The number of carbonyl (C=O) groups excluding carboxylic acids is 1. The summed E-state index contributed by atoms with van der Waals surface area (Å²) in [6.07, 6.45) is 0. The van der Waals surface area contributed by atoms with Crippen molar-refractivity contribution in [1.82, 2.24) is 5.32 Å². The second kappa shape index (κ2) is 8.46. The maximum absolute atomic E-state index is 12.5. The third-order valence-corrected chi connectivity index (χ3v) is 5.20. The van der Waals surface area contributed by atoms with E-state index in [0.717, 1.165) is 4.47 Å². The van der Waals surface area contributed by atoms with Crippen LogP contribution < -0.4 is 10.0 Å². The van der Waals surface area contributed by atoms with Crippen molar-refractivity contribution in [2.75, 3.05) is 18.4 Å². The number of halogens is 1. The van der Waals surface area contributed by atoms with Crippen molar-refractivity contribution in [3.05, 3.63) is 58.6 Å². The molecule has 2 aromatic rings. The van der Waals surface area contributed by atoms with Crippen LogP contribution in [0.4, 0.5) is 5.69 Å². The first-order valence-electron chi connectivity index (χ1n) is 7.50. The van der Waals surface area contributed by atoms with Crippen LogP contribution in [0.3, 0.4) is 0 Å². The number of nitrogens with one attached hydrogen (secondary N) is 2. The summed E-state index contributed by atoms with van der Waals surface area (Å²) in [5.41, 5.74) is 0.702. The van der Waals surface area contributed by atoms with E-state index in [0.29, 0.717) is 12.3 Å². The van der Waals surface area contributed by atoms with Crippen LogP contribution in [0.15, 0.2) is 57.9 Å². The molecular weight excluding hydrogens is 408 g/mol. The molecular formula is C17H19BrN2O4S.